The second-order valence-electron chi connectivity index (χ2n) is 4.77. The summed E-state index contributed by atoms with van der Waals surface area (Å²) in [5.41, 5.74) is 1.07. The summed E-state index contributed by atoms with van der Waals surface area (Å²) in [5.74, 6) is 0. The third-order valence-electron chi connectivity index (χ3n) is 3.54. The number of aryl methyl sites for hydroxylation is 1. The highest BCUT2D eigenvalue weighted by molar-refractivity contribution is 7.15. The van der Waals surface area contributed by atoms with E-state index < -0.39 is 0 Å². The Morgan fingerprint density at radius 1 is 1.41 bits per heavy atom. The molecule has 17 heavy (non-hydrogen) atoms. The molecule has 1 unspecified atom stereocenters. The molecule has 1 N–H and O–H groups in total. The molecule has 1 fully saturated rings. The second-order valence-corrected chi connectivity index (χ2v) is 5.83. The molecule has 2 rings (SSSR count). The van der Waals surface area contributed by atoms with Crippen LogP contribution in [-0.2, 0) is 13.0 Å². The molecule has 0 saturated carbocycles. The van der Waals surface area contributed by atoms with Gasteiger partial charge in [-0.15, -0.1) is 0 Å². The Morgan fingerprint density at radius 3 is 2.88 bits per heavy atom. The van der Waals surface area contributed by atoms with Gasteiger partial charge in [-0.25, -0.2) is 4.98 Å². The number of anilines is 1. The first-order valence-electron chi connectivity index (χ1n) is 6.62. The SMILES string of the molecule is CCc1nc(N2CCCCCC2C)sc1CO. The normalized spacial score (nSPS) is 21.6. The Hall–Kier alpha value is -0.610. The summed E-state index contributed by atoms with van der Waals surface area (Å²) in [6.07, 6.45) is 6.10. The molecule has 0 amide bonds. The van der Waals surface area contributed by atoms with E-state index in [1.165, 1.54) is 25.7 Å². The number of rotatable bonds is 3. The van der Waals surface area contributed by atoms with E-state index in [9.17, 15) is 5.11 Å². The van der Waals surface area contributed by atoms with Crippen molar-refractivity contribution in [3.63, 3.8) is 0 Å². The van der Waals surface area contributed by atoms with Crippen molar-refractivity contribution in [3.05, 3.63) is 10.6 Å². The number of aromatic nitrogens is 1. The van der Waals surface area contributed by atoms with Crippen molar-refractivity contribution in [2.75, 3.05) is 11.4 Å². The maximum atomic E-state index is 9.33. The molecule has 1 atom stereocenters. The fourth-order valence-corrected chi connectivity index (χ4v) is 3.59. The van der Waals surface area contributed by atoms with Crippen LogP contribution < -0.4 is 4.90 Å². The van der Waals surface area contributed by atoms with E-state index in [4.69, 9.17) is 4.98 Å². The summed E-state index contributed by atoms with van der Waals surface area (Å²) >= 11 is 1.67. The summed E-state index contributed by atoms with van der Waals surface area (Å²) in [7, 11) is 0. The molecule has 0 bridgehead atoms. The Balaban J connectivity index is 2.22. The van der Waals surface area contributed by atoms with Crippen molar-refractivity contribution in [1.29, 1.82) is 0 Å². The van der Waals surface area contributed by atoms with E-state index in [0.717, 1.165) is 28.7 Å². The first kappa shape index (κ1) is 12.8. The number of hydrogen-bond donors (Lipinski definition) is 1. The van der Waals surface area contributed by atoms with Gasteiger partial charge in [-0.3, -0.25) is 0 Å². The summed E-state index contributed by atoms with van der Waals surface area (Å²) in [6, 6.07) is 0.583. The zero-order chi connectivity index (χ0) is 12.3. The van der Waals surface area contributed by atoms with Gasteiger partial charge in [-0.1, -0.05) is 31.1 Å². The van der Waals surface area contributed by atoms with Crippen LogP contribution in [0.2, 0.25) is 0 Å². The Bertz CT molecular complexity index is 343. The summed E-state index contributed by atoms with van der Waals surface area (Å²) in [4.78, 5) is 8.17. The lowest BCUT2D eigenvalue weighted by molar-refractivity contribution is 0.284. The van der Waals surface area contributed by atoms with Gasteiger partial charge in [0.2, 0.25) is 0 Å². The number of aliphatic hydroxyl groups is 1. The molecule has 0 radical (unpaired) electrons. The van der Waals surface area contributed by atoms with E-state index in [1.54, 1.807) is 11.3 Å². The highest BCUT2D eigenvalue weighted by Crippen LogP contribution is 2.30. The van der Waals surface area contributed by atoms with Crippen LogP contribution in [-0.4, -0.2) is 22.7 Å². The topological polar surface area (TPSA) is 36.4 Å². The van der Waals surface area contributed by atoms with Gasteiger partial charge in [-0.2, -0.15) is 0 Å². The zero-order valence-electron chi connectivity index (χ0n) is 10.8. The van der Waals surface area contributed by atoms with Crippen LogP contribution >= 0.6 is 11.3 Å². The van der Waals surface area contributed by atoms with E-state index in [2.05, 4.69) is 18.7 Å². The number of aliphatic hydroxyl groups excluding tert-OH is 1. The molecule has 0 aliphatic carbocycles. The Labute approximate surface area is 107 Å². The van der Waals surface area contributed by atoms with Crippen LogP contribution in [0.3, 0.4) is 0 Å². The average Bonchev–Trinajstić information content (AvgIpc) is 2.64. The minimum Gasteiger partial charge on any atom is -0.391 e. The van der Waals surface area contributed by atoms with Crippen LogP contribution in [0, 0.1) is 0 Å². The molecular formula is C13H22N2OS. The molecule has 96 valence electrons. The largest absolute Gasteiger partial charge is 0.391 e. The summed E-state index contributed by atoms with van der Waals surface area (Å²) < 4.78 is 0. The molecule has 3 nitrogen and oxygen atoms in total. The van der Waals surface area contributed by atoms with Gasteiger partial charge in [0.1, 0.15) is 0 Å². The first-order chi connectivity index (χ1) is 8.26. The van der Waals surface area contributed by atoms with Crippen molar-refractivity contribution in [2.24, 2.45) is 0 Å². The minimum atomic E-state index is 0.128. The summed E-state index contributed by atoms with van der Waals surface area (Å²) in [6.45, 7) is 5.63. The molecule has 4 heteroatoms. The van der Waals surface area contributed by atoms with Crippen molar-refractivity contribution < 1.29 is 5.11 Å². The highest BCUT2D eigenvalue weighted by Gasteiger charge is 2.21. The Morgan fingerprint density at radius 2 is 2.24 bits per heavy atom. The number of hydrogen-bond acceptors (Lipinski definition) is 4. The third kappa shape index (κ3) is 2.80. The quantitative estimate of drug-likeness (QED) is 0.901. The van der Waals surface area contributed by atoms with E-state index >= 15 is 0 Å². The maximum absolute atomic E-state index is 9.33. The van der Waals surface area contributed by atoms with Gasteiger partial charge in [0.25, 0.3) is 0 Å². The number of nitrogens with zero attached hydrogens (tertiary/aromatic N) is 2. The molecule has 2 heterocycles. The van der Waals surface area contributed by atoms with Gasteiger partial charge >= 0.3 is 0 Å². The first-order valence-corrected chi connectivity index (χ1v) is 7.44. The lowest BCUT2D eigenvalue weighted by Gasteiger charge is -2.26. The second kappa shape index (κ2) is 5.83. The van der Waals surface area contributed by atoms with Gasteiger partial charge in [-0.05, 0) is 26.2 Å². The Kier molecular flexibility index (Phi) is 4.40. The van der Waals surface area contributed by atoms with Gasteiger partial charge in [0.15, 0.2) is 5.13 Å². The molecule has 1 saturated heterocycles. The van der Waals surface area contributed by atoms with E-state index in [-0.39, 0.29) is 6.61 Å². The van der Waals surface area contributed by atoms with Crippen molar-refractivity contribution in [2.45, 2.75) is 58.6 Å². The monoisotopic (exact) mass is 254 g/mol. The fraction of sp³-hybridized carbons (Fsp3) is 0.769. The van der Waals surface area contributed by atoms with Gasteiger partial charge < -0.3 is 10.0 Å². The average molecular weight is 254 g/mol. The highest BCUT2D eigenvalue weighted by atomic mass is 32.1. The fourth-order valence-electron chi connectivity index (χ4n) is 2.45. The molecule has 1 aromatic heterocycles. The lowest BCUT2D eigenvalue weighted by atomic mass is 10.1. The van der Waals surface area contributed by atoms with E-state index in [1.807, 2.05) is 0 Å². The van der Waals surface area contributed by atoms with Gasteiger partial charge in [0, 0.05) is 12.6 Å². The smallest absolute Gasteiger partial charge is 0.186 e. The molecular weight excluding hydrogens is 232 g/mol. The minimum absolute atomic E-state index is 0.128. The maximum Gasteiger partial charge on any atom is 0.186 e. The predicted octanol–water partition coefficient (Wildman–Crippen LogP) is 2.97. The predicted molar refractivity (Wildman–Crippen MR) is 72.7 cm³/mol. The van der Waals surface area contributed by atoms with Crippen LogP contribution in [0.1, 0.15) is 50.1 Å². The molecule has 1 aliphatic heterocycles. The van der Waals surface area contributed by atoms with Crippen LogP contribution in [0.25, 0.3) is 0 Å². The third-order valence-corrected chi connectivity index (χ3v) is 4.66. The molecule has 0 spiro atoms. The van der Waals surface area contributed by atoms with Crippen LogP contribution in [0.4, 0.5) is 5.13 Å². The van der Waals surface area contributed by atoms with Crippen LogP contribution in [0.15, 0.2) is 0 Å². The molecule has 0 aromatic carbocycles. The standard InChI is InChI=1S/C13H22N2OS/c1-3-11-12(9-16)17-13(14-11)15-8-6-4-5-7-10(15)2/h10,16H,3-9H2,1-2H3. The van der Waals surface area contributed by atoms with Crippen molar-refractivity contribution >= 4 is 16.5 Å². The summed E-state index contributed by atoms with van der Waals surface area (Å²) in [5, 5.41) is 10.4. The van der Waals surface area contributed by atoms with Gasteiger partial charge in [0.05, 0.1) is 17.2 Å². The van der Waals surface area contributed by atoms with Crippen molar-refractivity contribution in [1.82, 2.24) is 4.98 Å². The molecule has 1 aliphatic rings. The van der Waals surface area contributed by atoms with Crippen LogP contribution in [0.5, 0.6) is 0 Å². The van der Waals surface area contributed by atoms with E-state index in [0.29, 0.717) is 6.04 Å². The van der Waals surface area contributed by atoms with Crippen molar-refractivity contribution in [3.8, 4) is 0 Å². The zero-order valence-corrected chi connectivity index (χ0v) is 11.6. The molecule has 1 aromatic rings. The number of thiazole rings is 1. The lowest BCUT2D eigenvalue weighted by Crippen LogP contribution is -2.32.